The van der Waals surface area contributed by atoms with E-state index in [1.165, 1.54) is 11.1 Å². The highest BCUT2D eigenvalue weighted by atomic mass is 35.5. The van der Waals surface area contributed by atoms with E-state index in [1.54, 1.807) is 11.3 Å². The molecule has 0 bridgehead atoms. The number of fused-ring (bicyclic) bond motifs is 1. The number of hydrogen-bond acceptors (Lipinski definition) is 3. The van der Waals surface area contributed by atoms with Crippen molar-refractivity contribution in [3.63, 3.8) is 0 Å². The summed E-state index contributed by atoms with van der Waals surface area (Å²) in [5, 5.41) is 4.95. The van der Waals surface area contributed by atoms with Crippen LogP contribution in [0.25, 0.3) is 0 Å². The third kappa shape index (κ3) is 1.92. The lowest BCUT2D eigenvalue weighted by molar-refractivity contribution is 0.352. The van der Waals surface area contributed by atoms with Gasteiger partial charge in [-0.15, -0.1) is 0 Å². The van der Waals surface area contributed by atoms with E-state index in [4.69, 9.17) is 22.1 Å². The first kappa shape index (κ1) is 12.0. The summed E-state index contributed by atoms with van der Waals surface area (Å²) in [5.74, 6) is 0.928. The number of hydrogen-bond donors (Lipinski definition) is 1. The van der Waals surface area contributed by atoms with Gasteiger partial charge in [-0.2, -0.15) is 11.3 Å². The van der Waals surface area contributed by atoms with Crippen molar-refractivity contribution in [2.24, 2.45) is 5.73 Å². The molecule has 0 fully saturated rings. The van der Waals surface area contributed by atoms with Gasteiger partial charge < -0.3 is 10.5 Å². The Morgan fingerprint density at radius 3 is 2.89 bits per heavy atom. The Labute approximate surface area is 115 Å². The molecule has 1 atom stereocenters. The molecule has 1 aliphatic heterocycles. The molecule has 0 saturated heterocycles. The SMILES string of the molecule is Cc1cscc1C(N)c1cc(Cl)cc2c1OCC2. The van der Waals surface area contributed by atoms with Crippen molar-refractivity contribution in [1.82, 2.24) is 0 Å². The van der Waals surface area contributed by atoms with Crippen molar-refractivity contribution in [3.8, 4) is 5.75 Å². The summed E-state index contributed by atoms with van der Waals surface area (Å²) in [5.41, 5.74) is 10.9. The Balaban J connectivity index is 2.10. The van der Waals surface area contributed by atoms with E-state index in [2.05, 4.69) is 17.7 Å². The number of nitrogens with two attached hydrogens (primary N) is 1. The zero-order valence-corrected chi connectivity index (χ0v) is 11.6. The van der Waals surface area contributed by atoms with Crippen LogP contribution in [-0.2, 0) is 6.42 Å². The number of ether oxygens (including phenoxy) is 1. The normalized spacial score (nSPS) is 15.3. The molecule has 18 heavy (non-hydrogen) atoms. The lowest BCUT2D eigenvalue weighted by Crippen LogP contribution is -2.13. The molecule has 2 N–H and O–H groups in total. The van der Waals surface area contributed by atoms with Gasteiger partial charge in [0.1, 0.15) is 5.75 Å². The fourth-order valence-corrected chi connectivity index (χ4v) is 3.52. The highest BCUT2D eigenvalue weighted by Crippen LogP contribution is 2.38. The molecule has 0 saturated carbocycles. The van der Waals surface area contributed by atoms with Gasteiger partial charge in [-0.05, 0) is 46.5 Å². The van der Waals surface area contributed by atoms with E-state index in [1.807, 2.05) is 12.1 Å². The maximum Gasteiger partial charge on any atom is 0.127 e. The predicted octanol–water partition coefficient (Wildman–Crippen LogP) is 3.69. The summed E-state index contributed by atoms with van der Waals surface area (Å²) in [6, 6.07) is 3.73. The van der Waals surface area contributed by atoms with E-state index < -0.39 is 0 Å². The third-order valence-electron chi connectivity index (χ3n) is 3.34. The van der Waals surface area contributed by atoms with Gasteiger partial charge >= 0.3 is 0 Å². The molecule has 1 aromatic heterocycles. The number of thiophene rings is 1. The van der Waals surface area contributed by atoms with Gasteiger partial charge in [-0.1, -0.05) is 11.6 Å². The summed E-state index contributed by atoms with van der Waals surface area (Å²) in [4.78, 5) is 0. The van der Waals surface area contributed by atoms with Gasteiger partial charge in [-0.3, -0.25) is 0 Å². The van der Waals surface area contributed by atoms with Crippen LogP contribution < -0.4 is 10.5 Å². The summed E-state index contributed by atoms with van der Waals surface area (Å²) >= 11 is 7.84. The molecule has 0 aliphatic carbocycles. The summed E-state index contributed by atoms with van der Waals surface area (Å²) < 4.78 is 5.71. The Morgan fingerprint density at radius 1 is 1.33 bits per heavy atom. The van der Waals surface area contributed by atoms with Crippen molar-refractivity contribution in [1.29, 1.82) is 0 Å². The van der Waals surface area contributed by atoms with Crippen molar-refractivity contribution in [3.05, 3.63) is 50.2 Å². The largest absolute Gasteiger partial charge is 0.493 e. The zero-order chi connectivity index (χ0) is 12.7. The number of rotatable bonds is 2. The Kier molecular flexibility index (Phi) is 3.06. The molecule has 94 valence electrons. The molecule has 4 heteroatoms. The fraction of sp³-hybridized carbons (Fsp3) is 0.286. The summed E-state index contributed by atoms with van der Waals surface area (Å²) in [7, 11) is 0. The monoisotopic (exact) mass is 279 g/mol. The quantitative estimate of drug-likeness (QED) is 0.910. The maximum atomic E-state index is 6.37. The minimum absolute atomic E-state index is 0.165. The predicted molar refractivity (Wildman–Crippen MR) is 75.7 cm³/mol. The highest BCUT2D eigenvalue weighted by molar-refractivity contribution is 7.08. The average Bonchev–Trinajstić information content (AvgIpc) is 2.95. The second-order valence-corrected chi connectivity index (χ2v) is 5.75. The number of halogens is 1. The van der Waals surface area contributed by atoms with Gasteiger partial charge in [0, 0.05) is 17.0 Å². The van der Waals surface area contributed by atoms with Crippen molar-refractivity contribution < 1.29 is 4.74 Å². The van der Waals surface area contributed by atoms with Gasteiger partial charge in [0.15, 0.2) is 0 Å². The first-order chi connectivity index (χ1) is 8.66. The standard InChI is InChI=1S/C14H14ClNOS/c1-8-6-18-7-12(8)13(16)11-5-10(15)4-9-2-3-17-14(9)11/h4-7,13H,2-3,16H2,1H3. The van der Waals surface area contributed by atoms with Crippen LogP contribution in [0, 0.1) is 6.92 Å². The fourth-order valence-electron chi connectivity index (χ4n) is 2.39. The molecule has 0 amide bonds. The van der Waals surface area contributed by atoms with E-state index in [9.17, 15) is 0 Å². The first-order valence-corrected chi connectivity index (χ1v) is 7.22. The Bertz CT molecular complexity index is 593. The molecule has 1 unspecified atom stereocenters. The highest BCUT2D eigenvalue weighted by Gasteiger charge is 2.23. The number of benzene rings is 1. The van der Waals surface area contributed by atoms with Gasteiger partial charge in [-0.25, -0.2) is 0 Å². The lowest BCUT2D eigenvalue weighted by Gasteiger charge is -2.16. The Morgan fingerprint density at radius 2 is 2.17 bits per heavy atom. The minimum Gasteiger partial charge on any atom is -0.493 e. The van der Waals surface area contributed by atoms with E-state index in [0.29, 0.717) is 0 Å². The topological polar surface area (TPSA) is 35.2 Å². The van der Waals surface area contributed by atoms with Crippen LogP contribution >= 0.6 is 22.9 Å². The zero-order valence-electron chi connectivity index (χ0n) is 10.1. The van der Waals surface area contributed by atoms with Crippen molar-refractivity contribution >= 4 is 22.9 Å². The van der Waals surface area contributed by atoms with E-state index >= 15 is 0 Å². The summed E-state index contributed by atoms with van der Waals surface area (Å²) in [6.45, 7) is 2.80. The molecule has 3 rings (SSSR count). The van der Waals surface area contributed by atoms with Crippen molar-refractivity contribution in [2.45, 2.75) is 19.4 Å². The van der Waals surface area contributed by atoms with Crippen LogP contribution in [-0.4, -0.2) is 6.61 Å². The molecule has 2 aromatic rings. The van der Waals surface area contributed by atoms with Gasteiger partial charge in [0.25, 0.3) is 0 Å². The molecule has 0 radical (unpaired) electrons. The summed E-state index contributed by atoms with van der Waals surface area (Å²) in [6.07, 6.45) is 0.915. The van der Waals surface area contributed by atoms with Gasteiger partial charge in [0.2, 0.25) is 0 Å². The molecule has 2 nitrogen and oxygen atoms in total. The molecule has 1 aromatic carbocycles. The van der Waals surface area contributed by atoms with Crippen LogP contribution in [0.4, 0.5) is 0 Å². The smallest absolute Gasteiger partial charge is 0.127 e. The number of aryl methyl sites for hydroxylation is 1. The lowest BCUT2D eigenvalue weighted by atomic mass is 9.96. The maximum absolute atomic E-state index is 6.37. The van der Waals surface area contributed by atoms with Crippen LogP contribution in [0.2, 0.25) is 5.02 Å². The second-order valence-electron chi connectivity index (χ2n) is 4.57. The molecule has 2 heterocycles. The molecule has 0 spiro atoms. The third-order valence-corrected chi connectivity index (χ3v) is 4.44. The van der Waals surface area contributed by atoms with Crippen LogP contribution in [0.3, 0.4) is 0 Å². The Hall–Kier alpha value is -1.03. The van der Waals surface area contributed by atoms with Crippen LogP contribution in [0.15, 0.2) is 22.9 Å². The van der Waals surface area contributed by atoms with Gasteiger partial charge in [0.05, 0.1) is 12.6 Å². The van der Waals surface area contributed by atoms with Crippen LogP contribution in [0.5, 0.6) is 5.75 Å². The second kappa shape index (κ2) is 4.57. The molecular weight excluding hydrogens is 266 g/mol. The van der Waals surface area contributed by atoms with E-state index in [-0.39, 0.29) is 6.04 Å². The van der Waals surface area contributed by atoms with E-state index in [0.717, 1.165) is 34.9 Å². The van der Waals surface area contributed by atoms with Crippen LogP contribution in [0.1, 0.15) is 28.3 Å². The average molecular weight is 280 g/mol. The molecule has 1 aliphatic rings. The first-order valence-electron chi connectivity index (χ1n) is 5.90. The van der Waals surface area contributed by atoms with Crippen molar-refractivity contribution in [2.75, 3.05) is 6.61 Å². The molecular formula is C14H14ClNOS. The minimum atomic E-state index is -0.165.